The molecule has 1 aromatic heterocycles. The minimum Gasteiger partial charge on any atom is -0.357 e. The molecule has 0 unspecified atom stereocenters. The van der Waals surface area contributed by atoms with Crippen LogP contribution in [0.1, 0.15) is 16.8 Å². The fourth-order valence-electron chi connectivity index (χ4n) is 4.02. The summed E-state index contributed by atoms with van der Waals surface area (Å²) in [7, 11) is 0. The van der Waals surface area contributed by atoms with E-state index in [0.717, 1.165) is 27.2 Å². The van der Waals surface area contributed by atoms with Crippen LogP contribution in [0, 0.1) is 5.82 Å². The third-order valence-electron chi connectivity index (χ3n) is 5.47. The van der Waals surface area contributed by atoms with E-state index >= 15 is 0 Å². The van der Waals surface area contributed by atoms with Gasteiger partial charge in [-0.2, -0.15) is 5.10 Å². The van der Waals surface area contributed by atoms with Gasteiger partial charge in [0.25, 0.3) is 5.91 Å². The average Bonchev–Trinajstić information content (AvgIpc) is 3.07. The number of nitrogens with zero attached hydrogens (tertiary/aromatic N) is 3. The van der Waals surface area contributed by atoms with Crippen molar-refractivity contribution in [3.05, 3.63) is 70.1 Å². The van der Waals surface area contributed by atoms with Crippen LogP contribution < -0.4 is 0 Å². The average molecular weight is 411 g/mol. The zero-order valence-corrected chi connectivity index (χ0v) is 16.0. The molecule has 3 aromatic rings. The number of H-pyrrole nitrogens is 1. The van der Waals surface area contributed by atoms with Crippen LogP contribution in [0.15, 0.2) is 47.6 Å². The largest absolute Gasteiger partial charge is 0.357 e. The van der Waals surface area contributed by atoms with Gasteiger partial charge in [0.05, 0.1) is 17.8 Å². The Kier molecular flexibility index (Phi) is 4.13. The molecule has 0 saturated carbocycles. The van der Waals surface area contributed by atoms with Crippen LogP contribution in [0.4, 0.5) is 4.39 Å². The van der Waals surface area contributed by atoms with Gasteiger partial charge in [0.1, 0.15) is 18.4 Å². The van der Waals surface area contributed by atoms with Gasteiger partial charge in [-0.15, -0.1) is 0 Å². The molecule has 0 aliphatic carbocycles. The Balaban J connectivity index is 1.46. The molecule has 1 saturated heterocycles. The predicted octanol–water partition coefficient (Wildman–Crippen LogP) is 3.09. The number of carbonyl (C=O) groups is 2. The number of amides is 2. The van der Waals surface area contributed by atoms with E-state index in [1.807, 2.05) is 24.3 Å². The van der Waals surface area contributed by atoms with Crippen LogP contribution in [0.25, 0.3) is 10.9 Å². The molecule has 2 amide bonds. The van der Waals surface area contributed by atoms with Crippen molar-refractivity contribution in [1.29, 1.82) is 0 Å². The maximum absolute atomic E-state index is 14.0. The highest BCUT2D eigenvalue weighted by atomic mass is 35.5. The number of para-hydroxylation sites is 1. The number of hydrogen-bond donors (Lipinski definition) is 1. The lowest BCUT2D eigenvalue weighted by Crippen LogP contribution is -2.60. The Labute approximate surface area is 170 Å². The third-order valence-corrected chi connectivity index (χ3v) is 5.80. The summed E-state index contributed by atoms with van der Waals surface area (Å²) in [4.78, 5) is 30.7. The van der Waals surface area contributed by atoms with E-state index in [4.69, 9.17) is 11.6 Å². The SMILES string of the molecule is O=C1[C@@H]2Cc3c([nH]c4ccccc34)CN2C(=O)CN1/N=C\c1c(F)cccc1Cl. The van der Waals surface area contributed by atoms with Crippen molar-refractivity contribution in [2.24, 2.45) is 5.10 Å². The normalized spacial score (nSPS) is 19.2. The van der Waals surface area contributed by atoms with Gasteiger partial charge in [-0.1, -0.05) is 35.9 Å². The quantitative estimate of drug-likeness (QED) is 0.659. The fourth-order valence-corrected chi connectivity index (χ4v) is 4.23. The van der Waals surface area contributed by atoms with Crippen LogP contribution in [0.3, 0.4) is 0 Å². The summed E-state index contributed by atoms with van der Waals surface area (Å²) in [6.45, 7) is 0.170. The second-order valence-corrected chi connectivity index (χ2v) is 7.55. The van der Waals surface area contributed by atoms with Crippen molar-refractivity contribution in [2.75, 3.05) is 6.54 Å². The van der Waals surface area contributed by atoms with Crippen molar-refractivity contribution in [3.8, 4) is 0 Å². The first kappa shape index (κ1) is 17.9. The molecule has 8 heteroatoms. The van der Waals surface area contributed by atoms with Crippen molar-refractivity contribution >= 4 is 40.5 Å². The summed E-state index contributed by atoms with van der Waals surface area (Å²) < 4.78 is 14.0. The van der Waals surface area contributed by atoms with Crippen molar-refractivity contribution in [3.63, 3.8) is 0 Å². The molecule has 1 atom stereocenters. The maximum Gasteiger partial charge on any atom is 0.266 e. The number of benzene rings is 2. The molecule has 1 fully saturated rings. The van der Waals surface area contributed by atoms with Gasteiger partial charge in [-0.25, -0.2) is 9.40 Å². The Hall–Kier alpha value is -3.19. The molecule has 29 heavy (non-hydrogen) atoms. The summed E-state index contributed by atoms with van der Waals surface area (Å²) in [6.07, 6.45) is 1.61. The molecule has 0 radical (unpaired) electrons. The standard InChI is InChI=1S/C21H16ClFN4O2/c22-15-5-3-6-16(23)14(15)9-24-27-11-20(28)26-10-18-13(8-19(26)21(27)29)12-4-1-2-7-17(12)25-18/h1-7,9,19,25H,8,10-11H2/b24-9-/t19-/m0/s1. The van der Waals surface area contributed by atoms with Gasteiger partial charge in [0.15, 0.2) is 0 Å². The molecular weight excluding hydrogens is 395 g/mol. The summed E-state index contributed by atoms with van der Waals surface area (Å²) >= 11 is 6.01. The number of rotatable bonds is 2. The van der Waals surface area contributed by atoms with Gasteiger partial charge in [-0.3, -0.25) is 9.59 Å². The number of piperazine rings is 1. The fraction of sp³-hybridized carbons (Fsp3) is 0.190. The molecule has 6 nitrogen and oxygen atoms in total. The molecular formula is C21H16ClFN4O2. The second-order valence-electron chi connectivity index (χ2n) is 7.15. The number of nitrogens with one attached hydrogen (secondary N) is 1. The Morgan fingerprint density at radius 2 is 1.97 bits per heavy atom. The first-order valence-corrected chi connectivity index (χ1v) is 9.58. The van der Waals surface area contributed by atoms with Crippen LogP contribution in [-0.4, -0.2) is 45.5 Å². The van der Waals surface area contributed by atoms with Gasteiger partial charge in [0, 0.05) is 28.6 Å². The number of hydrazone groups is 1. The highest BCUT2D eigenvalue weighted by molar-refractivity contribution is 6.33. The zero-order chi connectivity index (χ0) is 20.1. The van der Waals surface area contributed by atoms with Crippen molar-refractivity contribution < 1.29 is 14.0 Å². The minimum absolute atomic E-state index is 0.0828. The van der Waals surface area contributed by atoms with Gasteiger partial charge < -0.3 is 9.88 Å². The van der Waals surface area contributed by atoms with Gasteiger partial charge in [-0.05, 0) is 23.8 Å². The minimum atomic E-state index is -0.629. The Bertz CT molecular complexity index is 1170. The third kappa shape index (κ3) is 2.89. The first-order valence-electron chi connectivity index (χ1n) is 9.20. The van der Waals surface area contributed by atoms with E-state index in [1.54, 1.807) is 4.90 Å². The lowest BCUT2D eigenvalue weighted by Gasteiger charge is -2.40. The second kappa shape index (κ2) is 6.70. The summed E-state index contributed by atoms with van der Waals surface area (Å²) in [5, 5.41) is 6.43. The maximum atomic E-state index is 14.0. The molecule has 146 valence electrons. The molecule has 0 spiro atoms. The van der Waals surface area contributed by atoms with Crippen molar-refractivity contribution in [2.45, 2.75) is 19.0 Å². The molecule has 0 bridgehead atoms. The van der Waals surface area contributed by atoms with E-state index in [0.29, 0.717) is 13.0 Å². The summed E-state index contributed by atoms with van der Waals surface area (Å²) in [5.41, 5.74) is 3.07. The van der Waals surface area contributed by atoms with E-state index in [1.165, 1.54) is 24.4 Å². The van der Waals surface area contributed by atoms with Gasteiger partial charge in [0.2, 0.25) is 5.91 Å². The van der Waals surface area contributed by atoms with E-state index < -0.39 is 11.9 Å². The molecule has 5 rings (SSSR count). The highest BCUT2D eigenvalue weighted by Crippen LogP contribution is 2.32. The number of fused-ring (bicyclic) bond motifs is 4. The van der Waals surface area contributed by atoms with Crippen LogP contribution in [-0.2, 0) is 22.6 Å². The first-order chi connectivity index (χ1) is 14.0. The Morgan fingerprint density at radius 3 is 2.79 bits per heavy atom. The number of aromatic nitrogens is 1. The highest BCUT2D eigenvalue weighted by Gasteiger charge is 2.43. The summed E-state index contributed by atoms with van der Waals surface area (Å²) in [6, 6.07) is 11.5. The summed E-state index contributed by atoms with van der Waals surface area (Å²) in [5.74, 6) is -1.03. The van der Waals surface area contributed by atoms with Crippen LogP contribution >= 0.6 is 11.6 Å². The predicted molar refractivity (Wildman–Crippen MR) is 107 cm³/mol. The molecule has 2 aliphatic rings. The van der Waals surface area contributed by atoms with E-state index in [2.05, 4.69) is 10.1 Å². The Morgan fingerprint density at radius 1 is 1.14 bits per heavy atom. The van der Waals surface area contributed by atoms with E-state index in [-0.39, 0.29) is 28.9 Å². The smallest absolute Gasteiger partial charge is 0.266 e. The molecule has 2 aliphatic heterocycles. The van der Waals surface area contributed by atoms with Crippen LogP contribution in [0.2, 0.25) is 5.02 Å². The number of hydrogen-bond acceptors (Lipinski definition) is 3. The number of carbonyl (C=O) groups excluding carboxylic acids is 2. The topological polar surface area (TPSA) is 68.8 Å². The number of halogens is 2. The number of aromatic amines is 1. The van der Waals surface area contributed by atoms with Gasteiger partial charge >= 0.3 is 0 Å². The monoisotopic (exact) mass is 410 g/mol. The van der Waals surface area contributed by atoms with Crippen LogP contribution in [0.5, 0.6) is 0 Å². The molecule has 2 aromatic carbocycles. The van der Waals surface area contributed by atoms with Crippen molar-refractivity contribution in [1.82, 2.24) is 14.9 Å². The zero-order valence-electron chi connectivity index (χ0n) is 15.2. The lowest BCUT2D eigenvalue weighted by molar-refractivity contribution is -0.157. The van der Waals surface area contributed by atoms with E-state index in [9.17, 15) is 14.0 Å². The molecule has 3 heterocycles. The molecule has 1 N–H and O–H groups in total. The lowest BCUT2D eigenvalue weighted by atomic mass is 9.94.